The number of hydrogen-bond donors (Lipinski definition) is 2. The van der Waals surface area contributed by atoms with Gasteiger partial charge in [-0.3, -0.25) is 0 Å². The molecule has 2 aliphatic heterocycles. The molecule has 0 fully saturated rings. The second-order valence-corrected chi connectivity index (χ2v) is 16.8. The number of fused-ring (bicyclic) bond motifs is 20. The molecule has 4 aromatic carbocycles. The monoisotopic (exact) mass is 803 g/mol. The zero-order valence-electron chi connectivity index (χ0n) is 33.1. The molecule has 7 aromatic rings. The van der Waals surface area contributed by atoms with Crippen LogP contribution in [0.1, 0.15) is 107 Å². The van der Waals surface area contributed by atoms with E-state index < -0.39 is 0 Å². The van der Waals surface area contributed by atoms with E-state index in [1.165, 1.54) is 77.0 Å². The van der Waals surface area contributed by atoms with Crippen LogP contribution < -0.4 is 0 Å². The normalized spacial score (nSPS) is 12.6. The summed E-state index contributed by atoms with van der Waals surface area (Å²) in [6, 6.07) is 27.8. The van der Waals surface area contributed by atoms with E-state index in [0.29, 0.717) is 62.2 Å². The molecule has 291 valence electrons. The zero-order valence-corrected chi connectivity index (χ0v) is 34.7. The molecule has 8 nitrogen and oxygen atoms in total. The van der Waals surface area contributed by atoms with Gasteiger partial charge < -0.3 is 0 Å². The van der Waals surface area contributed by atoms with Crippen LogP contribution >= 0.6 is 0 Å². The third-order valence-corrected chi connectivity index (χ3v) is 12.6. The predicted octanol–water partition coefficient (Wildman–Crippen LogP) is 13.1. The van der Waals surface area contributed by atoms with Crippen LogP contribution in [-0.4, -0.2) is 39.9 Å². The van der Waals surface area contributed by atoms with Gasteiger partial charge in [0.2, 0.25) is 0 Å². The fraction of sp³-hybridized carbons (Fsp3) is 0.333. The number of aromatic amines is 2. The molecular weight excluding hydrogens is 755 g/mol. The van der Waals surface area contributed by atoms with Crippen molar-refractivity contribution in [1.29, 1.82) is 0 Å². The van der Waals surface area contributed by atoms with Gasteiger partial charge in [0.1, 0.15) is 0 Å². The molecular formula is C48H48FN8Ti. The fourth-order valence-electron chi connectivity index (χ4n) is 8.50. The standard InChI is InChI=1S/C48H48FN8.Ti/c1-2-3-4-5-6-7-8-9-10-11-12-13-14-15-22-31-29-30-38-39(40(31)49)48-56-46-37-28-21-20-27-36(37)44(54-46)52-42-33-24-17-16-23-32(33)41(50-42)51-43-34-25-18-19-26-35(34)45(53-43)55-47(38)57-48;/h16-30H,2-15H2,1H3,(H2,50,51,52,53,54,55,56,57);. The Kier molecular flexibility index (Phi) is 11.5. The Labute approximate surface area is 350 Å². The average Bonchev–Trinajstić information content (AvgIpc) is 3.98. The topological polar surface area (TPSA) is 109 Å². The molecule has 0 saturated carbocycles. The quantitative estimate of drug-likeness (QED) is 0.0789. The summed E-state index contributed by atoms with van der Waals surface area (Å²) >= 11 is 2.14. The molecule has 8 bridgehead atoms. The Balaban J connectivity index is 1.08. The maximum atomic E-state index is 17.1. The summed E-state index contributed by atoms with van der Waals surface area (Å²) in [5.41, 5.74) is 6.23. The molecule has 1 unspecified atom stereocenters. The van der Waals surface area contributed by atoms with Crippen molar-refractivity contribution < 1.29 is 24.8 Å². The molecule has 0 amide bonds. The van der Waals surface area contributed by atoms with Crippen molar-refractivity contribution in [2.24, 2.45) is 0 Å². The molecule has 0 saturated heterocycles. The first-order valence-corrected chi connectivity index (χ1v) is 22.1. The predicted molar refractivity (Wildman–Crippen MR) is 229 cm³/mol. The summed E-state index contributed by atoms with van der Waals surface area (Å²) in [5, 5.41) is 2.89. The summed E-state index contributed by atoms with van der Waals surface area (Å²) in [7, 11) is 0. The molecule has 2 aliphatic rings. The molecule has 3 aromatic heterocycles. The van der Waals surface area contributed by atoms with Crippen LogP contribution in [0.15, 0.2) is 84.9 Å². The van der Waals surface area contributed by atoms with E-state index in [-0.39, 0.29) is 10.0 Å². The Morgan fingerprint density at radius 3 is 1.34 bits per heavy atom. The third-order valence-electron chi connectivity index (χ3n) is 11.7. The van der Waals surface area contributed by atoms with E-state index in [2.05, 4.69) is 37.3 Å². The van der Waals surface area contributed by atoms with Crippen LogP contribution in [0.5, 0.6) is 0 Å². The number of H-pyrrole nitrogens is 2. The van der Waals surface area contributed by atoms with Gasteiger partial charge in [-0.15, -0.1) is 0 Å². The van der Waals surface area contributed by atoms with Crippen molar-refractivity contribution in [2.75, 3.05) is 0 Å². The molecule has 9 rings (SSSR count). The number of nitrogens with one attached hydrogen (secondary N) is 2. The number of benzene rings is 4. The number of rotatable bonds is 15. The van der Waals surface area contributed by atoms with E-state index >= 15 is 4.39 Å². The number of nitrogens with zero attached hydrogens (tertiary/aromatic N) is 6. The van der Waals surface area contributed by atoms with E-state index in [9.17, 15) is 0 Å². The van der Waals surface area contributed by atoms with Gasteiger partial charge in [-0.05, 0) is 0 Å². The minimum atomic E-state index is -0.268. The van der Waals surface area contributed by atoms with Crippen molar-refractivity contribution >= 4 is 44.1 Å². The SMILES string of the molecule is CCCCCCCCCCCCCCC[CH]([Ti])c1ccc2c3nc4nc(nc5[nH]c(nc6nc(nc([nH]3)c2c1F)-c1ccccc1-6)c1ccccc51)-c1ccccc1-4. The van der Waals surface area contributed by atoms with Crippen LogP contribution in [0, 0.1) is 5.82 Å². The molecule has 10 heteroatoms. The first kappa shape index (κ1) is 38.4. The second-order valence-electron chi connectivity index (χ2n) is 15.7. The molecule has 58 heavy (non-hydrogen) atoms. The second kappa shape index (κ2) is 17.4. The van der Waals surface area contributed by atoms with Gasteiger partial charge in [0.25, 0.3) is 0 Å². The van der Waals surface area contributed by atoms with Crippen molar-refractivity contribution in [3.8, 4) is 45.6 Å². The van der Waals surface area contributed by atoms with Crippen LogP contribution in [0.4, 0.5) is 4.39 Å². The Bertz CT molecular complexity index is 2770. The summed E-state index contributed by atoms with van der Waals surface area (Å²) < 4.78 is 17.1. The van der Waals surface area contributed by atoms with Gasteiger partial charge in [-0.25, -0.2) is 0 Å². The molecule has 0 radical (unpaired) electrons. The van der Waals surface area contributed by atoms with Crippen molar-refractivity contribution in [3.05, 3.63) is 96.3 Å². The number of hydrogen-bond acceptors (Lipinski definition) is 6. The van der Waals surface area contributed by atoms with Crippen molar-refractivity contribution in [3.63, 3.8) is 0 Å². The Morgan fingerprint density at radius 2 is 0.862 bits per heavy atom. The number of halogens is 1. The Morgan fingerprint density at radius 1 is 0.466 bits per heavy atom. The molecule has 1 atom stereocenters. The van der Waals surface area contributed by atoms with Crippen molar-refractivity contribution in [2.45, 2.75) is 101 Å². The van der Waals surface area contributed by atoms with Gasteiger partial charge in [-0.2, -0.15) is 0 Å². The molecule has 0 aliphatic carbocycles. The summed E-state index contributed by atoms with van der Waals surface area (Å²) in [4.78, 5) is 37.1. The Hall–Kier alpha value is -5.12. The first-order valence-electron chi connectivity index (χ1n) is 21.2. The van der Waals surface area contributed by atoms with E-state index in [4.69, 9.17) is 29.9 Å². The van der Waals surface area contributed by atoms with E-state index in [1.54, 1.807) is 0 Å². The summed E-state index contributed by atoms with van der Waals surface area (Å²) in [6.07, 6.45) is 18.0. The molecule has 2 N–H and O–H groups in total. The van der Waals surface area contributed by atoms with Crippen LogP contribution in [0.25, 0.3) is 89.7 Å². The summed E-state index contributed by atoms with van der Waals surface area (Å²) in [5.74, 6) is 1.75. The number of aromatic nitrogens is 8. The van der Waals surface area contributed by atoms with Crippen LogP contribution in [0.3, 0.4) is 0 Å². The molecule has 5 heterocycles. The van der Waals surface area contributed by atoms with Gasteiger partial charge in [-0.1, -0.05) is 50.5 Å². The van der Waals surface area contributed by atoms with Crippen LogP contribution in [-0.2, 0) is 20.4 Å². The zero-order chi connectivity index (χ0) is 39.4. The third kappa shape index (κ3) is 7.74. The average molecular weight is 804 g/mol. The van der Waals surface area contributed by atoms with E-state index in [0.717, 1.165) is 45.9 Å². The summed E-state index contributed by atoms with van der Waals surface area (Å²) in [6.45, 7) is 2.28. The first-order chi connectivity index (χ1) is 28.6. The fourth-order valence-corrected chi connectivity index (χ4v) is 9.16. The minimum absolute atomic E-state index is 0.0512. The maximum absolute atomic E-state index is 17.1. The van der Waals surface area contributed by atoms with Gasteiger partial charge in [0.15, 0.2) is 0 Å². The van der Waals surface area contributed by atoms with Gasteiger partial charge >= 0.3 is 296 Å². The van der Waals surface area contributed by atoms with Crippen molar-refractivity contribution in [1.82, 2.24) is 39.9 Å². The van der Waals surface area contributed by atoms with E-state index in [1.807, 2.05) is 84.9 Å². The van der Waals surface area contributed by atoms with Gasteiger partial charge in [0.05, 0.1) is 0 Å². The van der Waals surface area contributed by atoms with Crippen LogP contribution in [0.2, 0.25) is 0 Å². The van der Waals surface area contributed by atoms with Gasteiger partial charge in [0, 0.05) is 5.39 Å². The molecule has 0 spiro atoms. The number of unbranched alkanes of at least 4 members (excludes halogenated alkanes) is 12.